The summed E-state index contributed by atoms with van der Waals surface area (Å²) >= 11 is 0. The van der Waals surface area contributed by atoms with Gasteiger partial charge < -0.3 is 16.0 Å². The van der Waals surface area contributed by atoms with Crippen molar-refractivity contribution in [3.63, 3.8) is 0 Å². The maximum atomic E-state index is 12.5. The largest absolute Gasteiger partial charge is 0.349 e. The number of piperidine rings is 1. The summed E-state index contributed by atoms with van der Waals surface area (Å²) in [6.07, 6.45) is 7.50. The minimum atomic E-state index is -0.188. The molecule has 1 atom stereocenters. The van der Waals surface area contributed by atoms with E-state index in [-0.39, 0.29) is 23.3 Å². The number of carbonyl (C=O) groups excluding carboxylic acids is 2. The Morgan fingerprint density at radius 2 is 2.00 bits per heavy atom. The van der Waals surface area contributed by atoms with Crippen molar-refractivity contribution in [1.82, 2.24) is 10.2 Å². The molecule has 0 aromatic rings. The molecule has 1 saturated heterocycles. The molecule has 5 nitrogen and oxygen atoms in total. The van der Waals surface area contributed by atoms with E-state index in [1.165, 1.54) is 0 Å². The molecule has 0 spiro atoms. The van der Waals surface area contributed by atoms with Crippen molar-refractivity contribution in [2.45, 2.75) is 63.8 Å². The average molecular weight is 295 g/mol. The van der Waals surface area contributed by atoms with Gasteiger partial charge in [-0.15, -0.1) is 0 Å². The van der Waals surface area contributed by atoms with Crippen LogP contribution in [0.4, 0.5) is 0 Å². The summed E-state index contributed by atoms with van der Waals surface area (Å²) in [6.45, 7) is 3.90. The molecule has 0 aromatic carbocycles. The number of nitrogens with two attached hydrogens (primary N) is 1. The number of likely N-dealkylation sites (tertiary alicyclic amines) is 1. The SMILES string of the molecule is CCCC(=O)N1CCCC(C(=O)NC2(CN)CCCC2)C1. The van der Waals surface area contributed by atoms with E-state index in [9.17, 15) is 9.59 Å². The third-order valence-corrected chi connectivity index (χ3v) is 4.95. The average Bonchev–Trinajstić information content (AvgIpc) is 2.96. The summed E-state index contributed by atoms with van der Waals surface area (Å²) in [7, 11) is 0. The van der Waals surface area contributed by atoms with Gasteiger partial charge in [-0.2, -0.15) is 0 Å². The highest BCUT2D eigenvalue weighted by Gasteiger charge is 2.37. The summed E-state index contributed by atoms with van der Waals surface area (Å²) in [5.74, 6) is 0.212. The summed E-state index contributed by atoms with van der Waals surface area (Å²) in [4.78, 5) is 26.4. The number of nitrogens with one attached hydrogen (secondary N) is 1. The first-order valence-electron chi connectivity index (χ1n) is 8.40. The third-order valence-electron chi connectivity index (χ3n) is 4.95. The molecule has 0 bridgehead atoms. The first-order valence-corrected chi connectivity index (χ1v) is 8.40. The van der Waals surface area contributed by atoms with Gasteiger partial charge in [-0.05, 0) is 32.1 Å². The van der Waals surface area contributed by atoms with Gasteiger partial charge in [0.15, 0.2) is 0 Å². The Labute approximate surface area is 127 Å². The van der Waals surface area contributed by atoms with E-state index in [0.29, 0.717) is 19.5 Å². The lowest BCUT2D eigenvalue weighted by atomic mass is 9.92. The molecule has 2 aliphatic rings. The predicted molar refractivity (Wildman–Crippen MR) is 82.6 cm³/mol. The van der Waals surface area contributed by atoms with E-state index in [4.69, 9.17) is 5.73 Å². The van der Waals surface area contributed by atoms with E-state index in [1.54, 1.807) is 0 Å². The van der Waals surface area contributed by atoms with Crippen LogP contribution in [0.5, 0.6) is 0 Å². The molecular weight excluding hydrogens is 266 g/mol. The highest BCUT2D eigenvalue weighted by molar-refractivity contribution is 5.82. The quantitative estimate of drug-likeness (QED) is 0.805. The van der Waals surface area contributed by atoms with Crippen molar-refractivity contribution in [3.8, 4) is 0 Å². The van der Waals surface area contributed by atoms with Gasteiger partial charge in [0.05, 0.1) is 11.5 Å². The topological polar surface area (TPSA) is 75.4 Å². The van der Waals surface area contributed by atoms with Gasteiger partial charge in [0.25, 0.3) is 0 Å². The second-order valence-corrected chi connectivity index (χ2v) is 6.61. The Morgan fingerprint density at radius 3 is 2.62 bits per heavy atom. The van der Waals surface area contributed by atoms with Crippen molar-refractivity contribution in [2.24, 2.45) is 11.7 Å². The molecule has 1 aliphatic carbocycles. The minimum absolute atomic E-state index is 0.0661. The van der Waals surface area contributed by atoms with Gasteiger partial charge in [-0.25, -0.2) is 0 Å². The van der Waals surface area contributed by atoms with Gasteiger partial charge in [0.2, 0.25) is 11.8 Å². The normalized spacial score (nSPS) is 24.9. The van der Waals surface area contributed by atoms with Crippen molar-refractivity contribution in [1.29, 1.82) is 0 Å². The fourth-order valence-corrected chi connectivity index (χ4v) is 3.58. The van der Waals surface area contributed by atoms with E-state index in [2.05, 4.69) is 5.32 Å². The Hall–Kier alpha value is -1.10. The summed E-state index contributed by atoms with van der Waals surface area (Å²) in [6, 6.07) is 0. The Morgan fingerprint density at radius 1 is 1.29 bits per heavy atom. The third kappa shape index (κ3) is 3.96. The number of carbonyl (C=O) groups is 2. The molecule has 120 valence electrons. The van der Waals surface area contributed by atoms with Crippen LogP contribution in [-0.4, -0.2) is 41.9 Å². The lowest BCUT2D eigenvalue weighted by molar-refractivity contribution is -0.136. The Balaban J connectivity index is 1.91. The number of amides is 2. The van der Waals surface area contributed by atoms with Gasteiger partial charge in [-0.1, -0.05) is 19.8 Å². The van der Waals surface area contributed by atoms with Crippen molar-refractivity contribution in [2.75, 3.05) is 19.6 Å². The molecule has 2 rings (SSSR count). The van der Waals surface area contributed by atoms with Crippen LogP contribution in [0, 0.1) is 5.92 Å². The molecule has 2 amide bonds. The number of rotatable bonds is 5. The first-order chi connectivity index (χ1) is 10.1. The second-order valence-electron chi connectivity index (χ2n) is 6.61. The van der Waals surface area contributed by atoms with Gasteiger partial charge >= 0.3 is 0 Å². The molecule has 0 radical (unpaired) electrons. The van der Waals surface area contributed by atoms with E-state index in [1.807, 2.05) is 11.8 Å². The maximum absolute atomic E-state index is 12.5. The van der Waals surface area contributed by atoms with Gasteiger partial charge in [-0.3, -0.25) is 9.59 Å². The van der Waals surface area contributed by atoms with Crippen LogP contribution in [0.3, 0.4) is 0 Å². The molecule has 0 aromatic heterocycles. The molecule has 5 heteroatoms. The zero-order chi connectivity index (χ0) is 15.3. The monoisotopic (exact) mass is 295 g/mol. The number of nitrogens with zero attached hydrogens (tertiary/aromatic N) is 1. The molecule has 1 aliphatic heterocycles. The van der Waals surface area contributed by atoms with Crippen molar-refractivity contribution in [3.05, 3.63) is 0 Å². The summed E-state index contributed by atoms with van der Waals surface area (Å²) in [5, 5.41) is 3.20. The lowest BCUT2D eigenvalue weighted by Crippen LogP contribution is -2.55. The van der Waals surface area contributed by atoms with Crippen LogP contribution in [0.2, 0.25) is 0 Å². The zero-order valence-electron chi connectivity index (χ0n) is 13.2. The minimum Gasteiger partial charge on any atom is -0.349 e. The second kappa shape index (κ2) is 7.25. The highest BCUT2D eigenvalue weighted by atomic mass is 16.2. The lowest BCUT2D eigenvalue weighted by Gasteiger charge is -2.35. The molecular formula is C16H29N3O2. The van der Waals surface area contributed by atoms with Crippen molar-refractivity contribution >= 4 is 11.8 Å². The standard InChI is InChI=1S/C16H29N3O2/c1-2-6-14(20)19-10-5-7-13(11-19)15(21)18-16(12-17)8-3-4-9-16/h13H,2-12,17H2,1H3,(H,18,21). The maximum Gasteiger partial charge on any atom is 0.225 e. The summed E-state index contributed by atoms with van der Waals surface area (Å²) < 4.78 is 0. The van der Waals surface area contributed by atoms with Crippen LogP contribution in [0.25, 0.3) is 0 Å². The first kappa shape index (κ1) is 16.3. The van der Waals surface area contributed by atoms with E-state index >= 15 is 0 Å². The van der Waals surface area contributed by atoms with Gasteiger partial charge in [0, 0.05) is 26.1 Å². The fourth-order valence-electron chi connectivity index (χ4n) is 3.58. The smallest absolute Gasteiger partial charge is 0.225 e. The summed E-state index contributed by atoms with van der Waals surface area (Å²) in [5.41, 5.74) is 5.69. The van der Waals surface area contributed by atoms with Crippen molar-refractivity contribution < 1.29 is 9.59 Å². The zero-order valence-corrected chi connectivity index (χ0v) is 13.2. The van der Waals surface area contributed by atoms with E-state index in [0.717, 1.165) is 51.5 Å². The van der Waals surface area contributed by atoms with Crippen LogP contribution >= 0.6 is 0 Å². The molecule has 1 unspecified atom stereocenters. The Bertz CT molecular complexity index is 378. The van der Waals surface area contributed by atoms with Crippen LogP contribution < -0.4 is 11.1 Å². The number of hydrogen-bond donors (Lipinski definition) is 2. The molecule has 3 N–H and O–H groups in total. The van der Waals surface area contributed by atoms with E-state index < -0.39 is 0 Å². The molecule has 21 heavy (non-hydrogen) atoms. The van der Waals surface area contributed by atoms with Crippen LogP contribution in [0.15, 0.2) is 0 Å². The molecule has 2 fully saturated rings. The number of hydrogen-bond acceptors (Lipinski definition) is 3. The van der Waals surface area contributed by atoms with Crippen LogP contribution in [-0.2, 0) is 9.59 Å². The Kier molecular flexibility index (Phi) is 5.62. The molecule has 1 heterocycles. The van der Waals surface area contributed by atoms with Crippen LogP contribution in [0.1, 0.15) is 58.3 Å². The van der Waals surface area contributed by atoms with Gasteiger partial charge in [0.1, 0.15) is 0 Å². The fraction of sp³-hybridized carbons (Fsp3) is 0.875. The molecule has 1 saturated carbocycles. The predicted octanol–water partition coefficient (Wildman–Crippen LogP) is 1.41. The highest BCUT2D eigenvalue weighted by Crippen LogP contribution is 2.29.